The van der Waals surface area contributed by atoms with Crippen LogP contribution in [0.3, 0.4) is 0 Å². The molecule has 0 aromatic heterocycles. The summed E-state index contributed by atoms with van der Waals surface area (Å²) in [7, 11) is 0. The standard InChI is InChI=1S/C22H30ClNO/c1-3-4-15-22(25,18-23)19(2)24(16-20-11-7-5-8-12-20)17-21-13-9-6-10-14-21/h5-14,19,25H,3-4,15-18H2,1-2H3/t19-,22-/m0/s1. The van der Waals surface area contributed by atoms with Crippen molar-refractivity contribution in [2.45, 2.75) is 57.8 Å². The summed E-state index contributed by atoms with van der Waals surface area (Å²) >= 11 is 6.21. The Labute approximate surface area is 157 Å². The zero-order valence-corrected chi connectivity index (χ0v) is 16.1. The fraction of sp³-hybridized carbons (Fsp3) is 0.455. The molecule has 136 valence electrons. The van der Waals surface area contributed by atoms with Crippen molar-refractivity contribution < 1.29 is 5.11 Å². The molecule has 2 rings (SSSR count). The van der Waals surface area contributed by atoms with Gasteiger partial charge in [0.1, 0.15) is 0 Å². The summed E-state index contributed by atoms with van der Waals surface area (Å²) in [4.78, 5) is 2.34. The maximum absolute atomic E-state index is 11.2. The van der Waals surface area contributed by atoms with Crippen molar-refractivity contribution in [3.05, 3.63) is 71.8 Å². The van der Waals surface area contributed by atoms with E-state index in [-0.39, 0.29) is 11.9 Å². The first kappa shape index (κ1) is 20.0. The molecule has 2 aromatic rings. The van der Waals surface area contributed by atoms with Crippen LogP contribution < -0.4 is 0 Å². The monoisotopic (exact) mass is 359 g/mol. The molecule has 2 aromatic carbocycles. The molecule has 0 saturated carbocycles. The first-order valence-corrected chi connectivity index (χ1v) is 9.72. The summed E-state index contributed by atoms with van der Waals surface area (Å²) in [5.74, 6) is 0.258. The number of nitrogens with zero attached hydrogens (tertiary/aromatic N) is 1. The molecule has 0 bridgehead atoms. The maximum atomic E-state index is 11.2. The average molecular weight is 360 g/mol. The van der Waals surface area contributed by atoms with Gasteiger partial charge in [-0.3, -0.25) is 4.90 Å². The van der Waals surface area contributed by atoms with Crippen LogP contribution in [0.1, 0.15) is 44.2 Å². The number of alkyl halides is 1. The second-order valence-electron chi connectivity index (χ2n) is 6.89. The highest BCUT2D eigenvalue weighted by molar-refractivity contribution is 6.18. The quantitative estimate of drug-likeness (QED) is 0.586. The molecule has 0 radical (unpaired) electrons. The predicted octanol–water partition coefficient (Wildman–Crippen LogP) is 5.24. The van der Waals surface area contributed by atoms with Gasteiger partial charge in [-0.05, 0) is 24.5 Å². The van der Waals surface area contributed by atoms with Crippen LogP contribution in [0.25, 0.3) is 0 Å². The molecule has 0 saturated heterocycles. The number of hydrogen-bond donors (Lipinski definition) is 1. The second-order valence-corrected chi connectivity index (χ2v) is 7.16. The zero-order chi connectivity index (χ0) is 18.1. The van der Waals surface area contributed by atoms with Crippen molar-refractivity contribution in [2.24, 2.45) is 0 Å². The van der Waals surface area contributed by atoms with Gasteiger partial charge >= 0.3 is 0 Å². The highest BCUT2D eigenvalue weighted by atomic mass is 35.5. The highest BCUT2D eigenvalue weighted by Gasteiger charge is 2.36. The van der Waals surface area contributed by atoms with Crippen LogP contribution in [0.15, 0.2) is 60.7 Å². The molecule has 0 heterocycles. The lowest BCUT2D eigenvalue weighted by molar-refractivity contribution is -0.0372. The molecule has 0 aliphatic rings. The summed E-state index contributed by atoms with van der Waals surface area (Å²) < 4.78 is 0. The van der Waals surface area contributed by atoms with E-state index < -0.39 is 5.60 Å². The lowest BCUT2D eigenvalue weighted by atomic mass is 9.89. The third-order valence-corrected chi connectivity index (χ3v) is 5.44. The minimum absolute atomic E-state index is 0.0306. The van der Waals surface area contributed by atoms with E-state index in [0.717, 1.165) is 32.4 Å². The van der Waals surface area contributed by atoms with Gasteiger partial charge in [-0.25, -0.2) is 0 Å². The first-order valence-electron chi connectivity index (χ1n) is 9.19. The molecule has 0 unspecified atom stereocenters. The van der Waals surface area contributed by atoms with Gasteiger partial charge < -0.3 is 5.11 Å². The number of halogens is 1. The van der Waals surface area contributed by atoms with Crippen LogP contribution >= 0.6 is 11.6 Å². The normalized spacial score (nSPS) is 15.1. The topological polar surface area (TPSA) is 23.5 Å². The van der Waals surface area contributed by atoms with Gasteiger partial charge in [0, 0.05) is 19.1 Å². The lowest BCUT2D eigenvalue weighted by Crippen LogP contribution is -2.52. The van der Waals surface area contributed by atoms with Crippen molar-refractivity contribution in [2.75, 3.05) is 5.88 Å². The molecule has 2 atom stereocenters. The van der Waals surface area contributed by atoms with E-state index in [1.165, 1.54) is 11.1 Å². The third kappa shape index (κ3) is 5.85. The Kier molecular flexibility index (Phi) is 7.95. The van der Waals surface area contributed by atoms with E-state index in [9.17, 15) is 5.11 Å². The zero-order valence-electron chi connectivity index (χ0n) is 15.4. The van der Waals surface area contributed by atoms with Crippen LogP contribution in [0, 0.1) is 0 Å². The van der Waals surface area contributed by atoms with Gasteiger partial charge in [0.15, 0.2) is 0 Å². The van der Waals surface area contributed by atoms with E-state index in [2.05, 4.69) is 67.3 Å². The van der Waals surface area contributed by atoms with Crippen LogP contribution in [0.5, 0.6) is 0 Å². The molecule has 2 nitrogen and oxygen atoms in total. The van der Waals surface area contributed by atoms with Gasteiger partial charge in [0.05, 0.1) is 11.5 Å². The summed E-state index contributed by atoms with van der Waals surface area (Å²) in [5.41, 5.74) is 1.62. The number of benzene rings is 2. The molecule has 0 aliphatic carbocycles. The van der Waals surface area contributed by atoms with Gasteiger partial charge in [-0.1, -0.05) is 80.4 Å². The van der Waals surface area contributed by atoms with Gasteiger partial charge in [0.25, 0.3) is 0 Å². The Balaban J connectivity index is 2.22. The van der Waals surface area contributed by atoms with Crippen molar-refractivity contribution in [3.63, 3.8) is 0 Å². The second kappa shape index (κ2) is 9.96. The average Bonchev–Trinajstić information content (AvgIpc) is 2.66. The molecule has 1 N–H and O–H groups in total. The molecule has 0 spiro atoms. The summed E-state index contributed by atoms with van der Waals surface area (Å²) in [6.45, 7) is 5.83. The molecule has 0 aliphatic heterocycles. The largest absolute Gasteiger partial charge is 0.387 e. The van der Waals surface area contributed by atoms with E-state index in [0.29, 0.717) is 0 Å². The van der Waals surface area contributed by atoms with Crippen molar-refractivity contribution in [1.29, 1.82) is 0 Å². The Morgan fingerprint density at radius 1 is 0.960 bits per heavy atom. The molecular formula is C22H30ClNO. The van der Waals surface area contributed by atoms with E-state index in [4.69, 9.17) is 11.6 Å². The summed E-state index contributed by atoms with van der Waals surface area (Å²) in [6, 6.07) is 20.8. The van der Waals surface area contributed by atoms with E-state index in [1.54, 1.807) is 0 Å². The minimum Gasteiger partial charge on any atom is -0.387 e. The SMILES string of the molecule is CCCC[C@](O)(CCl)[C@H](C)N(Cc1ccccc1)Cc1ccccc1. The number of aliphatic hydroxyl groups is 1. The van der Waals surface area contributed by atoms with Crippen LogP contribution in [-0.4, -0.2) is 27.5 Å². The van der Waals surface area contributed by atoms with Crippen LogP contribution in [-0.2, 0) is 13.1 Å². The van der Waals surface area contributed by atoms with E-state index >= 15 is 0 Å². The Hall–Kier alpha value is -1.35. The smallest absolute Gasteiger partial charge is 0.0934 e. The Morgan fingerprint density at radius 3 is 1.84 bits per heavy atom. The summed E-state index contributed by atoms with van der Waals surface area (Å²) in [5, 5.41) is 11.2. The minimum atomic E-state index is -0.874. The van der Waals surface area contributed by atoms with Crippen LogP contribution in [0.4, 0.5) is 0 Å². The van der Waals surface area contributed by atoms with E-state index in [1.807, 2.05) is 12.1 Å². The summed E-state index contributed by atoms with van der Waals surface area (Å²) in [6.07, 6.45) is 2.77. The number of rotatable bonds is 10. The molecule has 0 fully saturated rings. The fourth-order valence-electron chi connectivity index (χ4n) is 3.18. The van der Waals surface area contributed by atoms with Crippen molar-refractivity contribution in [1.82, 2.24) is 4.90 Å². The van der Waals surface area contributed by atoms with Crippen molar-refractivity contribution >= 4 is 11.6 Å². The Morgan fingerprint density at radius 2 is 1.44 bits per heavy atom. The number of hydrogen-bond acceptors (Lipinski definition) is 2. The lowest BCUT2D eigenvalue weighted by Gasteiger charge is -2.40. The Bertz CT molecular complexity index is 562. The molecule has 3 heteroatoms. The van der Waals surface area contributed by atoms with Gasteiger partial charge in [-0.2, -0.15) is 0 Å². The molecule has 25 heavy (non-hydrogen) atoms. The molecular weight excluding hydrogens is 330 g/mol. The molecule has 0 amide bonds. The predicted molar refractivity (Wildman–Crippen MR) is 107 cm³/mol. The third-order valence-electron chi connectivity index (χ3n) is 4.98. The van der Waals surface area contributed by atoms with Gasteiger partial charge in [0.2, 0.25) is 0 Å². The highest BCUT2D eigenvalue weighted by Crippen LogP contribution is 2.27. The van der Waals surface area contributed by atoms with Crippen LogP contribution in [0.2, 0.25) is 0 Å². The first-order chi connectivity index (χ1) is 12.1. The number of unbranched alkanes of at least 4 members (excludes halogenated alkanes) is 1. The van der Waals surface area contributed by atoms with Gasteiger partial charge in [-0.15, -0.1) is 11.6 Å². The van der Waals surface area contributed by atoms with Crippen molar-refractivity contribution in [3.8, 4) is 0 Å². The maximum Gasteiger partial charge on any atom is 0.0934 e. The fourth-order valence-corrected chi connectivity index (χ4v) is 3.53.